The van der Waals surface area contributed by atoms with Gasteiger partial charge in [0.25, 0.3) is 5.91 Å². The van der Waals surface area contributed by atoms with Crippen LogP contribution in [0, 0.1) is 10.1 Å². The molecule has 1 rings (SSSR count). The molecule has 0 aliphatic heterocycles. The zero-order valence-corrected chi connectivity index (χ0v) is 12.6. The van der Waals surface area contributed by atoms with E-state index in [2.05, 4.69) is 20.9 Å². The van der Waals surface area contributed by atoms with Crippen molar-refractivity contribution >= 4 is 27.7 Å². The summed E-state index contributed by atoms with van der Waals surface area (Å²) in [6.45, 7) is 4.64. The van der Waals surface area contributed by atoms with Gasteiger partial charge < -0.3 is 15.0 Å². The maximum atomic E-state index is 12.4. The van der Waals surface area contributed by atoms with Crippen LogP contribution in [0.15, 0.2) is 12.1 Å². The van der Waals surface area contributed by atoms with E-state index in [1.165, 1.54) is 12.1 Å². The quantitative estimate of drug-likeness (QED) is 0.474. The maximum absolute atomic E-state index is 12.4. The predicted octanol–water partition coefficient (Wildman–Crippen LogP) is 2.95. The highest BCUT2D eigenvalue weighted by atomic mass is 79.9. The first-order valence-electron chi connectivity index (χ1n) is 6.25. The second kappa shape index (κ2) is 7.28. The number of hydrogen-bond acceptors (Lipinski definition) is 3. The fourth-order valence-corrected chi connectivity index (χ4v) is 2.42. The largest absolute Gasteiger partial charge is 0.358 e. The van der Waals surface area contributed by atoms with Gasteiger partial charge in [-0.15, -0.1) is 0 Å². The molecular formula is C12H18BrN3O3. The number of aromatic amines is 1. The normalized spacial score (nSPS) is 10.7. The lowest BCUT2D eigenvalue weighted by molar-refractivity contribution is -0.389. The summed E-state index contributed by atoms with van der Waals surface area (Å²) in [5, 5.41) is 11.3. The predicted molar refractivity (Wildman–Crippen MR) is 76.6 cm³/mol. The highest BCUT2D eigenvalue weighted by Crippen LogP contribution is 2.16. The number of H-pyrrole nitrogens is 1. The van der Waals surface area contributed by atoms with Gasteiger partial charge in [-0.3, -0.25) is 4.79 Å². The Morgan fingerprint density at radius 2 is 2.11 bits per heavy atom. The number of halogens is 1. The third-order valence-corrected chi connectivity index (χ3v) is 3.42. The second-order valence-corrected chi connectivity index (χ2v) is 4.97. The van der Waals surface area contributed by atoms with Gasteiger partial charge in [0.15, 0.2) is 5.69 Å². The molecule has 1 heterocycles. The number of nitro groups is 1. The van der Waals surface area contributed by atoms with Crippen LogP contribution >= 0.6 is 15.9 Å². The Labute approximate surface area is 120 Å². The van der Waals surface area contributed by atoms with E-state index in [1.54, 1.807) is 4.90 Å². The fourth-order valence-electron chi connectivity index (χ4n) is 2.04. The van der Waals surface area contributed by atoms with Gasteiger partial charge in [-0.25, -0.2) is 4.98 Å². The van der Waals surface area contributed by atoms with E-state index in [4.69, 9.17) is 0 Å². The lowest BCUT2D eigenvalue weighted by atomic mass is 10.1. The Balaban J connectivity index is 2.94. The minimum atomic E-state index is -0.539. The Bertz CT molecular complexity index is 443. The molecule has 106 valence electrons. The van der Waals surface area contributed by atoms with Crippen molar-refractivity contribution < 1.29 is 9.72 Å². The number of aromatic nitrogens is 1. The number of carbonyl (C=O) groups is 1. The fraction of sp³-hybridized carbons (Fsp3) is 0.583. The number of rotatable bonds is 7. The average molecular weight is 332 g/mol. The summed E-state index contributed by atoms with van der Waals surface area (Å²) in [5.74, 6) is -0.354. The van der Waals surface area contributed by atoms with E-state index in [9.17, 15) is 14.9 Å². The number of amides is 1. The first-order valence-corrected chi connectivity index (χ1v) is 7.37. The molecule has 0 unspecified atom stereocenters. The summed E-state index contributed by atoms with van der Waals surface area (Å²) in [7, 11) is 0. The van der Waals surface area contributed by atoms with E-state index >= 15 is 0 Å². The number of carbonyl (C=O) groups excluding carboxylic acids is 1. The Morgan fingerprint density at radius 1 is 1.47 bits per heavy atom. The molecule has 1 amide bonds. The smallest absolute Gasteiger partial charge is 0.321 e. The van der Waals surface area contributed by atoms with Crippen molar-refractivity contribution in [3.05, 3.63) is 27.9 Å². The topological polar surface area (TPSA) is 79.2 Å². The van der Waals surface area contributed by atoms with Crippen molar-refractivity contribution in [3.63, 3.8) is 0 Å². The minimum Gasteiger partial charge on any atom is -0.358 e. The first kappa shape index (κ1) is 15.7. The van der Waals surface area contributed by atoms with Crippen LogP contribution in [-0.4, -0.2) is 38.6 Å². The van der Waals surface area contributed by atoms with Gasteiger partial charge in [-0.1, -0.05) is 29.8 Å². The molecule has 0 aromatic carbocycles. The number of nitrogens with zero attached hydrogens (tertiary/aromatic N) is 2. The third kappa shape index (κ3) is 3.79. The van der Waals surface area contributed by atoms with Crippen molar-refractivity contribution in [2.24, 2.45) is 0 Å². The minimum absolute atomic E-state index is 0.146. The second-order valence-electron chi connectivity index (χ2n) is 4.17. The number of nitrogens with one attached hydrogen (secondary N) is 1. The maximum Gasteiger partial charge on any atom is 0.321 e. The van der Waals surface area contributed by atoms with Crippen molar-refractivity contribution in [3.8, 4) is 0 Å². The van der Waals surface area contributed by atoms with E-state index in [-0.39, 0.29) is 23.5 Å². The molecule has 0 aliphatic carbocycles. The summed E-state index contributed by atoms with van der Waals surface area (Å²) in [5.41, 5.74) is 0.263. The van der Waals surface area contributed by atoms with Gasteiger partial charge in [0.2, 0.25) is 0 Å². The van der Waals surface area contributed by atoms with E-state index < -0.39 is 4.92 Å². The highest BCUT2D eigenvalue weighted by Gasteiger charge is 2.25. The zero-order valence-electron chi connectivity index (χ0n) is 11.1. The molecule has 0 atom stereocenters. The van der Waals surface area contributed by atoms with Crippen molar-refractivity contribution in [2.75, 3.05) is 11.9 Å². The van der Waals surface area contributed by atoms with Gasteiger partial charge in [0, 0.05) is 24.0 Å². The average Bonchev–Trinajstić information content (AvgIpc) is 2.88. The van der Waals surface area contributed by atoms with Crippen molar-refractivity contribution in [2.45, 2.75) is 32.7 Å². The van der Waals surface area contributed by atoms with Crippen LogP contribution < -0.4 is 0 Å². The molecule has 6 nitrogen and oxygen atoms in total. The molecule has 0 saturated heterocycles. The van der Waals surface area contributed by atoms with Crippen LogP contribution in [0.5, 0.6) is 0 Å². The molecule has 0 fully saturated rings. The van der Waals surface area contributed by atoms with Crippen LogP contribution in [-0.2, 0) is 0 Å². The molecule has 7 heteroatoms. The summed E-state index contributed by atoms with van der Waals surface area (Å²) < 4.78 is 0. The molecule has 19 heavy (non-hydrogen) atoms. The van der Waals surface area contributed by atoms with Gasteiger partial charge in [0.05, 0.1) is 0 Å². The summed E-state index contributed by atoms with van der Waals surface area (Å²) >= 11 is 3.33. The third-order valence-electron chi connectivity index (χ3n) is 3.07. The Morgan fingerprint density at radius 3 is 2.53 bits per heavy atom. The van der Waals surface area contributed by atoms with Crippen LogP contribution in [0.1, 0.15) is 37.2 Å². The van der Waals surface area contributed by atoms with Gasteiger partial charge in [-0.05, 0) is 23.8 Å². The van der Waals surface area contributed by atoms with Crippen LogP contribution in [0.3, 0.4) is 0 Å². The summed E-state index contributed by atoms with van der Waals surface area (Å²) in [6.07, 6.45) is 1.72. The van der Waals surface area contributed by atoms with Crippen molar-refractivity contribution in [1.29, 1.82) is 0 Å². The van der Waals surface area contributed by atoms with Crippen LogP contribution in [0.4, 0.5) is 5.82 Å². The van der Waals surface area contributed by atoms with Gasteiger partial charge in [0.1, 0.15) is 0 Å². The Kier molecular flexibility index (Phi) is 6.01. The van der Waals surface area contributed by atoms with Gasteiger partial charge in [-0.2, -0.15) is 0 Å². The van der Waals surface area contributed by atoms with Crippen LogP contribution in [0.25, 0.3) is 0 Å². The lowest BCUT2D eigenvalue weighted by Gasteiger charge is -2.29. The molecule has 1 N–H and O–H groups in total. The SMILES string of the molecule is CCC(CC)N(CCBr)C(=O)c1ccc([N+](=O)[O-])[nH]1. The molecule has 0 radical (unpaired) electrons. The highest BCUT2D eigenvalue weighted by molar-refractivity contribution is 9.09. The lowest BCUT2D eigenvalue weighted by Crippen LogP contribution is -2.41. The Hall–Kier alpha value is -1.37. The molecular weight excluding hydrogens is 314 g/mol. The molecule has 0 spiro atoms. The molecule has 1 aromatic rings. The standard InChI is InChI=1S/C12H18BrN3O3/c1-3-9(4-2)15(8-7-13)12(17)10-5-6-11(14-10)16(18)19/h5-6,9,14H,3-4,7-8H2,1-2H3. The molecule has 0 bridgehead atoms. The number of alkyl halides is 1. The zero-order chi connectivity index (χ0) is 14.4. The summed E-state index contributed by atoms with van der Waals surface area (Å²) in [6, 6.07) is 2.92. The number of hydrogen-bond donors (Lipinski definition) is 1. The molecule has 0 aliphatic rings. The molecule has 0 saturated carbocycles. The van der Waals surface area contributed by atoms with E-state index in [0.717, 1.165) is 12.8 Å². The van der Waals surface area contributed by atoms with E-state index in [1.807, 2.05) is 13.8 Å². The monoisotopic (exact) mass is 331 g/mol. The summed E-state index contributed by atoms with van der Waals surface area (Å²) in [4.78, 5) is 26.8. The van der Waals surface area contributed by atoms with E-state index in [0.29, 0.717) is 11.9 Å². The molecule has 1 aromatic heterocycles. The van der Waals surface area contributed by atoms with Crippen LogP contribution in [0.2, 0.25) is 0 Å². The van der Waals surface area contributed by atoms with Crippen molar-refractivity contribution in [1.82, 2.24) is 9.88 Å². The van der Waals surface area contributed by atoms with Gasteiger partial charge >= 0.3 is 5.82 Å². The first-order chi connectivity index (χ1) is 9.04.